The summed E-state index contributed by atoms with van der Waals surface area (Å²) in [4.78, 5) is 51.3. The van der Waals surface area contributed by atoms with Crippen LogP contribution in [0, 0.1) is 17.8 Å². The summed E-state index contributed by atoms with van der Waals surface area (Å²) in [5, 5.41) is 21.9. The maximum atomic E-state index is 13.4. The molecule has 1 saturated carbocycles. The monoisotopic (exact) mass is 480 g/mol. The minimum atomic E-state index is -1.83. The fourth-order valence-electron chi connectivity index (χ4n) is 4.28. The van der Waals surface area contributed by atoms with Crippen molar-refractivity contribution in [3.63, 3.8) is 0 Å². The van der Waals surface area contributed by atoms with Gasteiger partial charge in [0.1, 0.15) is 5.60 Å². The highest BCUT2D eigenvalue weighted by molar-refractivity contribution is 5.96. The molecule has 0 radical (unpaired) electrons. The lowest BCUT2D eigenvalue weighted by Gasteiger charge is -2.41. The van der Waals surface area contributed by atoms with Gasteiger partial charge in [0, 0.05) is 23.5 Å². The molecule has 34 heavy (non-hydrogen) atoms. The Kier molecular flexibility index (Phi) is 8.82. The molecule has 1 saturated heterocycles. The van der Waals surface area contributed by atoms with Crippen LogP contribution in [-0.4, -0.2) is 63.9 Å². The van der Waals surface area contributed by atoms with Gasteiger partial charge in [0.15, 0.2) is 24.1 Å². The molecule has 190 valence electrons. The molecule has 2 aliphatic rings. The van der Waals surface area contributed by atoms with Gasteiger partial charge >= 0.3 is 17.9 Å². The molecule has 8 atom stereocenters. The third kappa shape index (κ3) is 5.75. The maximum Gasteiger partial charge on any atom is 0.334 e. The van der Waals surface area contributed by atoms with Crippen LogP contribution in [0.25, 0.3) is 0 Å². The summed E-state index contributed by atoms with van der Waals surface area (Å²) in [6.07, 6.45) is -3.71. The lowest BCUT2D eigenvalue weighted by atomic mass is 9.75. The van der Waals surface area contributed by atoms with Crippen molar-refractivity contribution < 1.29 is 43.6 Å². The Labute approximate surface area is 200 Å². The number of fused-ring (bicyclic) bond motifs is 1. The zero-order valence-electron chi connectivity index (χ0n) is 20.7. The number of carbonyl (C=O) groups excluding carboxylic acids is 4. The molecule has 1 aliphatic carbocycles. The van der Waals surface area contributed by atoms with E-state index in [2.05, 4.69) is 6.58 Å². The summed E-state index contributed by atoms with van der Waals surface area (Å²) in [7, 11) is 0. The fraction of sp³-hybridized carbons (Fsp3) is 0.680. The van der Waals surface area contributed by atoms with Crippen molar-refractivity contribution in [1.82, 2.24) is 0 Å². The molecule has 0 bridgehead atoms. The minimum Gasteiger partial charge on any atom is -0.455 e. The number of hydrogen-bond donors (Lipinski definition) is 2. The van der Waals surface area contributed by atoms with Gasteiger partial charge in [-0.2, -0.15) is 0 Å². The van der Waals surface area contributed by atoms with Crippen LogP contribution in [0.3, 0.4) is 0 Å². The molecule has 0 amide bonds. The quantitative estimate of drug-likeness (QED) is 0.344. The van der Waals surface area contributed by atoms with Crippen LogP contribution in [0.2, 0.25) is 0 Å². The first kappa shape index (κ1) is 27.7. The number of carbonyl (C=O) groups is 4. The van der Waals surface area contributed by atoms with Crippen LogP contribution in [-0.2, 0) is 33.4 Å². The van der Waals surface area contributed by atoms with Gasteiger partial charge < -0.3 is 24.4 Å². The van der Waals surface area contributed by atoms with Crippen molar-refractivity contribution in [3.05, 3.63) is 23.8 Å². The van der Waals surface area contributed by atoms with E-state index in [-0.39, 0.29) is 24.0 Å². The van der Waals surface area contributed by atoms with Crippen molar-refractivity contribution in [2.75, 3.05) is 0 Å². The van der Waals surface area contributed by atoms with E-state index in [1.165, 1.54) is 19.9 Å². The van der Waals surface area contributed by atoms with Crippen molar-refractivity contribution in [3.8, 4) is 0 Å². The normalized spacial score (nSPS) is 35.8. The Morgan fingerprint density at radius 1 is 1.32 bits per heavy atom. The van der Waals surface area contributed by atoms with Gasteiger partial charge in [-0.3, -0.25) is 9.59 Å². The van der Waals surface area contributed by atoms with E-state index in [1.54, 1.807) is 27.7 Å². The van der Waals surface area contributed by atoms with E-state index in [0.29, 0.717) is 6.42 Å². The molecule has 9 heteroatoms. The first-order valence-corrected chi connectivity index (χ1v) is 11.6. The van der Waals surface area contributed by atoms with Crippen molar-refractivity contribution in [1.29, 1.82) is 0 Å². The molecule has 1 unspecified atom stereocenters. The molecule has 2 fully saturated rings. The highest BCUT2D eigenvalue weighted by atomic mass is 16.6. The molecule has 0 spiro atoms. The van der Waals surface area contributed by atoms with Crippen LogP contribution in [0.5, 0.6) is 0 Å². The van der Waals surface area contributed by atoms with Crippen LogP contribution in [0.4, 0.5) is 0 Å². The SMILES string of the molecule is C=C1C(=O)O[C@@H]2[C@@H]1[C@H](OC(=O)C(C)=CC)C(=O)[C@@H](C)C[C@H](O)C[C@](C)(O)[C@H]2OC(=O)C(C)CC. The number of Topliss-reactive ketones (excluding diaryl/α,β-unsaturated/α-hetero) is 1. The Morgan fingerprint density at radius 2 is 1.94 bits per heavy atom. The molecule has 1 heterocycles. The Bertz CT molecular complexity index is 872. The molecule has 0 aromatic rings. The van der Waals surface area contributed by atoms with E-state index in [4.69, 9.17) is 14.2 Å². The zero-order chi connectivity index (χ0) is 26.0. The molecular formula is C25H36O9. The Balaban J connectivity index is 2.64. The van der Waals surface area contributed by atoms with Crippen molar-refractivity contribution >= 4 is 23.7 Å². The average Bonchev–Trinajstić information content (AvgIpc) is 3.05. The van der Waals surface area contributed by atoms with E-state index in [9.17, 15) is 29.4 Å². The van der Waals surface area contributed by atoms with Gasteiger partial charge in [-0.25, -0.2) is 9.59 Å². The third-order valence-corrected chi connectivity index (χ3v) is 6.79. The number of ketones is 1. The zero-order valence-corrected chi connectivity index (χ0v) is 20.7. The standard InChI is InChI=1S/C25H36O9/c1-8-12(3)22(28)32-19-17-15(6)24(30)33-20(17)21(34-23(29)13(4)9-2)25(7,31)11-16(26)10-14(5)18(19)27/h8,13-14,16-17,19-21,26,31H,6,9-11H2,1-5,7H3/t13?,14-,16-,17-,19-,20+,21-,25-/m0/s1. The number of esters is 3. The molecule has 9 nitrogen and oxygen atoms in total. The molecule has 0 aromatic carbocycles. The van der Waals surface area contributed by atoms with E-state index in [0.717, 1.165) is 0 Å². The third-order valence-electron chi connectivity index (χ3n) is 6.79. The predicted molar refractivity (Wildman–Crippen MR) is 121 cm³/mol. The highest BCUT2D eigenvalue weighted by Crippen LogP contribution is 2.41. The Morgan fingerprint density at radius 3 is 2.50 bits per heavy atom. The summed E-state index contributed by atoms with van der Waals surface area (Å²) < 4.78 is 16.7. The first-order chi connectivity index (χ1) is 15.7. The minimum absolute atomic E-state index is 0.0314. The second-order valence-electron chi connectivity index (χ2n) is 9.64. The summed E-state index contributed by atoms with van der Waals surface area (Å²) in [5.74, 6) is -5.24. The molecular weight excluding hydrogens is 444 g/mol. The van der Waals surface area contributed by atoms with Crippen molar-refractivity contribution in [2.24, 2.45) is 17.8 Å². The second kappa shape index (κ2) is 10.8. The summed E-state index contributed by atoms with van der Waals surface area (Å²) in [6.45, 7) is 13.3. The topological polar surface area (TPSA) is 136 Å². The number of aliphatic hydroxyl groups excluding tert-OH is 1. The molecule has 1 aliphatic heterocycles. The van der Waals surface area contributed by atoms with Gasteiger partial charge in [0.2, 0.25) is 0 Å². The van der Waals surface area contributed by atoms with Crippen LogP contribution in [0.15, 0.2) is 23.8 Å². The number of rotatable bonds is 5. The van der Waals surface area contributed by atoms with Gasteiger partial charge in [-0.1, -0.05) is 33.4 Å². The molecule has 2 N–H and O–H groups in total. The highest BCUT2D eigenvalue weighted by Gasteiger charge is 2.57. The van der Waals surface area contributed by atoms with Crippen LogP contribution in [0.1, 0.15) is 60.8 Å². The predicted octanol–water partition coefficient (Wildman–Crippen LogP) is 2.03. The van der Waals surface area contributed by atoms with Crippen LogP contribution >= 0.6 is 0 Å². The molecule has 0 aromatic heterocycles. The van der Waals surface area contributed by atoms with Gasteiger partial charge in [0.05, 0.1) is 17.9 Å². The lowest BCUT2D eigenvalue weighted by Crippen LogP contribution is -2.57. The van der Waals surface area contributed by atoms with Crippen molar-refractivity contribution in [2.45, 2.75) is 90.8 Å². The largest absolute Gasteiger partial charge is 0.455 e. The van der Waals surface area contributed by atoms with Crippen LogP contribution < -0.4 is 0 Å². The lowest BCUT2D eigenvalue weighted by molar-refractivity contribution is -0.199. The van der Waals surface area contributed by atoms with E-state index >= 15 is 0 Å². The van der Waals surface area contributed by atoms with E-state index < -0.39 is 71.5 Å². The number of ether oxygens (including phenoxy) is 3. The fourth-order valence-corrected chi connectivity index (χ4v) is 4.28. The first-order valence-electron chi connectivity index (χ1n) is 11.6. The van der Waals surface area contributed by atoms with Gasteiger partial charge in [-0.15, -0.1) is 0 Å². The maximum absolute atomic E-state index is 13.4. The van der Waals surface area contributed by atoms with Gasteiger partial charge in [-0.05, 0) is 33.6 Å². The smallest absolute Gasteiger partial charge is 0.334 e. The number of aliphatic hydroxyl groups is 2. The Hall–Kier alpha value is -2.52. The van der Waals surface area contributed by atoms with Gasteiger partial charge in [0.25, 0.3) is 0 Å². The average molecular weight is 481 g/mol. The second-order valence-corrected chi connectivity index (χ2v) is 9.64. The summed E-state index contributed by atoms with van der Waals surface area (Å²) in [6, 6.07) is 0. The van der Waals surface area contributed by atoms with E-state index in [1.807, 2.05) is 0 Å². The summed E-state index contributed by atoms with van der Waals surface area (Å²) in [5.41, 5.74) is -1.70. The molecule has 2 rings (SSSR count). The number of hydrogen-bond acceptors (Lipinski definition) is 9. The number of allylic oxidation sites excluding steroid dienone is 1. The summed E-state index contributed by atoms with van der Waals surface area (Å²) >= 11 is 0.